The number of morpholine rings is 1. The summed E-state index contributed by atoms with van der Waals surface area (Å²) in [4.78, 5) is 30.6. The molecule has 2 aliphatic heterocycles. The van der Waals surface area contributed by atoms with E-state index in [-0.39, 0.29) is 37.9 Å². The summed E-state index contributed by atoms with van der Waals surface area (Å²) >= 11 is 6.27. The Hall–Kier alpha value is -2.67. The molecule has 0 spiro atoms. The Labute approximate surface area is 238 Å². The van der Waals surface area contributed by atoms with Crippen molar-refractivity contribution in [1.29, 1.82) is 0 Å². The van der Waals surface area contributed by atoms with E-state index in [0.29, 0.717) is 25.3 Å². The fourth-order valence-electron chi connectivity index (χ4n) is 5.77. The van der Waals surface area contributed by atoms with Crippen molar-refractivity contribution in [1.82, 2.24) is 4.90 Å². The molecule has 0 radical (unpaired) electrons. The number of halogens is 1. The number of phenolic OH excluding ortho intramolecular Hbond substituents is 1. The molecule has 202 valence electrons. The van der Waals surface area contributed by atoms with Crippen molar-refractivity contribution in [2.45, 2.75) is 25.7 Å². The summed E-state index contributed by atoms with van der Waals surface area (Å²) in [5, 5.41) is 13.6. The van der Waals surface area contributed by atoms with Gasteiger partial charge in [0.1, 0.15) is 0 Å². The van der Waals surface area contributed by atoms with Crippen molar-refractivity contribution < 1.29 is 19.4 Å². The topological polar surface area (TPSA) is 70.1 Å². The van der Waals surface area contributed by atoms with Crippen LogP contribution in [0, 0.1) is 6.92 Å². The SMILES string of the molecule is Cc1ccc2c(O)cc3c(c2c1)[C@H](CCl)CN3C(=O)c1cc2cc(CC(=O)CCN3CCOCC3)ccc2[se]1. The molecule has 1 atom stereocenters. The number of carbonyl (C=O) groups excluding carboxylic acids is 2. The molecule has 8 heteroatoms. The van der Waals surface area contributed by atoms with E-state index in [1.165, 1.54) is 0 Å². The second-order valence-corrected chi connectivity index (χ2v) is 13.1. The first-order valence-corrected chi connectivity index (χ1v) is 15.6. The van der Waals surface area contributed by atoms with Gasteiger partial charge in [0, 0.05) is 0 Å². The van der Waals surface area contributed by atoms with Crippen LogP contribution in [0.4, 0.5) is 5.69 Å². The number of anilines is 1. The molecule has 39 heavy (non-hydrogen) atoms. The van der Waals surface area contributed by atoms with E-state index in [0.717, 1.165) is 80.1 Å². The Balaban J connectivity index is 1.23. The first-order valence-electron chi connectivity index (χ1n) is 13.4. The number of Topliss-reactive ketones (excluding diaryl/α,β-unsaturated/α-hetero) is 1. The number of ether oxygens (including phenoxy) is 1. The molecule has 1 amide bonds. The number of hydrogen-bond donors (Lipinski definition) is 1. The van der Waals surface area contributed by atoms with Gasteiger partial charge < -0.3 is 0 Å². The van der Waals surface area contributed by atoms with Crippen molar-refractivity contribution >= 4 is 63.9 Å². The van der Waals surface area contributed by atoms with Crippen molar-refractivity contribution in [3.05, 3.63) is 69.7 Å². The summed E-state index contributed by atoms with van der Waals surface area (Å²) in [6.07, 6.45) is 0.947. The Bertz CT molecular complexity index is 1580. The van der Waals surface area contributed by atoms with Gasteiger partial charge in [-0.2, -0.15) is 0 Å². The quantitative estimate of drug-likeness (QED) is 0.239. The van der Waals surface area contributed by atoms with Crippen molar-refractivity contribution in [2.24, 2.45) is 0 Å². The van der Waals surface area contributed by atoms with Crippen LogP contribution in [0.25, 0.3) is 20.4 Å². The molecule has 6 rings (SSSR count). The number of benzene rings is 3. The zero-order chi connectivity index (χ0) is 27.1. The summed E-state index contributed by atoms with van der Waals surface area (Å²) in [5.74, 6) is 0.775. The van der Waals surface area contributed by atoms with Gasteiger partial charge in [0.15, 0.2) is 0 Å². The van der Waals surface area contributed by atoms with Crippen LogP contribution in [-0.2, 0) is 16.0 Å². The molecule has 1 aromatic heterocycles. The molecule has 3 aromatic carbocycles. The number of aromatic hydroxyl groups is 1. The Kier molecular flexibility index (Phi) is 7.53. The number of alkyl halides is 1. The molecule has 1 saturated heterocycles. The number of aryl methyl sites for hydroxylation is 1. The molecular weight excluding hydrogens is 579 g/mol. The molecule has 3 heterocycles. The van der Waals surface area contributed by atoms with Gasteiger partial charge in [0.25, 0.3) is 0 Å². The fraction of sp³-hybridized carbons (Fsp3) is 0.355. The number of amides is 1. The Morgan fingerprint density at radius 2 is 1.90 bits per heavy atom. The molecule has 2 aliphatic rings. The molecule has 6 nitrogen and oxygen atoms in total. The third-order valence-corrected chi connectivity index (χ3v) is 10.5. The van der Waals surface area contributed by atoms with E-state index in [4.69, 9.17) is 16.3 Å². The maximum absolute atomic E-state index is 13.8. The predicted octanol–water partition coefficient (Wildman–Crippen LogP) is 4.88. The normalized spacial score (nSPS) is 17.7. The summed E-state index contributed by atoms with van der Waals surface area (Å²) in [6.45, 7) is 6.55. The van der Waals surface area contributed by atoms with Gasteiger partial charge in [-0.1, -0.05) is 0 Å². The summed E-state index contributed by atoms with van der Waals surface area (Å²) in [6, 6.07) is 15.8. The van der Waals surface area contributed by atoms with E-state index >= 15 is 0 Å². The number of nitrogens with zero attached hydrogens (tertiary/aromatic N) is 2. The molecule has 4 aromatic rings. The second kappa shape index (κ2) is 11.1. The standard InChI is InChI=1S/C31H31ClN2O4Se/c1-19-2-4-24-25(12-19)30-22(17-32)18-34(26(30)16-27(24)36)31(37)29-15-21-13-20(3-5-28(21)39-29)14-23(35)6-7-33-8-10-38-11-9-33/h2-5,12-13,15-16,22,36H,6-11,14,17-18H2,1H3/t22-/m1/s1. The molecule has 0 saturated carbocycles. The minimum absolute atomic E-state index is 0.00229. The zero-order valence-corrected chi connectivity index (χ0v) is 24.4. The summed E-state index contributed by atoms with van der Waals surface area (Å²) < 4.78 is 7.31. The van der Waals surface area contributed by atoms with Gasteiger partial charge in [-0.3, -0.25) is 0 Å². The van der Waals surface area contributed by atoms with E-state index in [2.05, 4.69) is 23.1 Å². The van der Waals surface area contributed by atoms with Gasteiger partial charge in [0.2, 0.25) is 0 Å². The van der Waals surface area contributed by atoms with Crippen LogP contribution in [0.5, 0.6) is 5.75 Å². The first-order chi connectivity index (χ1) is 18.9. The summed E-state index contributed by atoms with van der Waals surface area (Å²) in [5.41, 5.74) is 3.87. The zero-order valence-electron chi connectivity index (χ0n) is 21.9. The van der Waals surface area contributed by atoms with E-state index in [1.807, 2.05) is 31.2 Å². The van der Waals surface area contributed by atoms with Crippen LogP contribution >= 0.6 is 11.6 Å². The second-order valence-electron chi connectivity index (χ2n) is 10.5. The van der Waals surface area contributed by atoms with E-state index < -0.39 is 0 Å². The minimum atomic E-state index is -0.125. The average Bonchev–Trinajstić information content (AvgIpc) is 3.53. The van der Waals surface area contributed by atoms with E-state index in [9.17, 15) is 14.7 Å². The number of hydrogen-bond acceptors (Lipinski definition) is 5. The first kappa shape index (κ1) is 26.5. The van der Waals surface area contributed by atoms with Gasteiger partial charge in [-0.25, -0.2) is 0 Å². The number of ketones is 1. The molecule has 1 fully saturated rings. The van der Waals surface area contributed by atoms with Crippen LogP contribution in [-0.4, -0.2) is 81.5 Å². The van der Waals surface area contributed by atoms with Gasteiger partial charge in [0.05, 0.1) is 0 Å². The fourth-order valence-corrected chi connectivity index (χ4v) is 8.11. The van der Waals surface area contributed by atoms with Gasteiger partial charge >= 0.3 is 239 Å². The third-order valence-electron chi connectivity index (χ3n) is 7.83. The number of rotatable bonds is 7. The molecule has 1 N–H and O–H groups in total. The van der Waals surface area contributed by atoms with Gasteiger partial charge in [-0.15, -0.1) is 0 Å². The molecule has 0 unspecified atom stereocenters. The predicted molar refractivity (Wildman–Crippen MR) is 157 cm³/mol. The van der Waals surface area contributed by atoms with Gasteiger partial charge in [-0.05, 0) is 0 Å². The van der Waals surface area contributed by atoms with Crippen molar-refractivity contribution in [3.8, 4) is 5.75 Å². The number of phenols is 1. The summed E-state index contributed by atoms with van der Waals surface area (Å²) in [7, 11) is 0. The molecule has 0 aliphatic carbocycles. The van der Waals surface area contributed by atoms with Crippen LogP contribution in [0.3, 0.4) is 0 Å². The van der Waals surface area contributed by atoms with Crippen LogP contribution in [0.1, 0.15) is 38.3 Å². The van der Waals surface area contributed by atoms with Crippen molar-refractivity contribution in [3.63, 3.8) is 0 Å². The van der Waals surface area contributed by atoms with Crippen molar-refractivity contribution in [2.75, 3.05) is 50.2 Å². The maximum atomic E-state index is 13.8. The Morgan fingerprint density at radius 3 is 2.69 bits per heavy atom. The average molecular weight is 610 g/mol. The number of carbonyl (C=O) groups is 2. The van der Waals surface area contributed by atoms with E-state index in [1.54, 1.807) is 11.0 Å². The van der Waals surface area contributed by atoms with Crippen LogP contribution in [0.2, 0.25) is 0 Å². The monoisotopic (exact) mass is 610 g/mol. The third kappa shape index (κ3) is 5.27. The van der Waals surface area contributed by atoms with Crippen LogP contribution < -0.4 is 4.90 Å². The Morgan fingerprint density at radius 1 is 1.08 bits per heavy atom. The molecular formula is C31H31ClN2O4Se. The number of fused-ring (bicyclic) bond motifs is 4. The molecule has 0 bridgehead atoms. The van der Waals surface area contributed by atoms with Crippen LogP contribution in [0.15, 0.2) is 48.5 Å².